The molecule has 1 aliphatic rings. The van der Waals surface area contributed by atoms with Crippen molar-refractivity contribution in [2.24, 2.45) is 0 Å². The molecule has 0 aliphatic heterocycles. The maximum Gasteiger partial charge on any atom is 0.180 e. The van der Waals surface area contributed by atoms with Gasteiger partial charge in [0.2, 0.25) is 0 Å². The molecule has 88 valence electrons. The zero-order chi connectivity index (χ0) is 12.0. The number of halogens is 2. The molecule has 2 aromatic rings. The highest BCUT2D eigenvalue weighted by atomic mass is 35.5. The third kappa shape index (κ3) is 1.82. The van der Waals surface area contributed by atoms with E-state index in [2.05, 4.69) is 4.98 Å². The fourth-order valence-electron chi connectivity index (χ4n) is 2.37. The van der Waals surface area contributed by atoms with E-state index in [4.69, 9.17) is 28.9 Å². The molecule has 0 saturated heterocycles. The predicted octanol–water partition coefficient (Wildman–Crippen LogP) is 4.11. The summed E-state index contributed by atoms with van der Waals surface area (Å²) in [5.74, 6) is 0.251. The van der Waals surface area contributed by atoms with E-state index in [1.807, 2.05) is 18.2 Å². The van der Waals surface area contributed by atoms with Crippen LogP contribution in [0.3, 0.4) is 0 Å². The van der Waals surface area contributed by atoms with E-state index in [-0.39, 0.29) is 5.92 Å². The van der Waals surface area contributed by atoms with Crippen molar-refractivity contribution in [3.8, 4) is 0 Å². The van der Waals surface area contributed by atoms with Gasteiger partial charge in [0.25, 0.3) is 0 Å². The van der Waals surface area contributed by atoms with Gasteiger partial charge < -0.3 is 5.73 Å². The molecular formula is C12H10Cl2N2S. The second-order valence-corrected chi connectivity index (χ2v) is 5.97. The Morgan fingerprint density at radius 3 is 2.71 bits per heavy atom. The molecule has 3 rings (SSSR count). The molecule has 2 nitrogen and oxygen atoms in total. The van der Waals surface area contributed by atoms with Crippen LogP contribution in [0.4, 0.5) is 5.13 Å². The number of aryl methyl sites for hydroxylation is 1. The van der Waals surface area contributed by atoms with Crippen LogP contribution in [-0.4, -0.2) is 4.98 Å². The Kier molecular flexibility index (Phi) is 2.77. The Hall–Kier alpha value is -0.770. The van der Waals surface area contributed by atoms with Crippen LogP contribution in [0, 0.1) is 0 Å². The van der Waals surface area contributed by atoms with Gasteiger partial charge in [0, 0.05) is 20.8 Å². The first kappa shape index (κ1) is 11.3. The molecule has 0 radical (unpaired) electrons. The SMILES string of the molecule is Nc1nc2c(s1)C(c1c(Cl)cccc1Cl)CC2. The monoisotopic (exact) mass is 284 g/mol. The second kappa shape index (κ2) is 4.16. The molecule has 5 heteroatoms. The summed E-state index contributed by atoms with van der Waals surface area (Å²) in [6.07, 6.45) is 1.97. The van der Waals surface area contributed by atoms with Crippen LogP contribution in [0.25, 0.3) is 0 Å². The highest BCUT2D eigenvalue weighted by Crippen LogP contribution is 2.46. The molecule has 2 N–H and O–H groups in total. The van der Waals surface area contributed by atoms with E-state index in [9.17, 15) is 0 Å². The minimum Gasteiger partial charge on any atom is -0.375 e. The normalized spacial score (nSPS) is 18.4. The van der Waals surface area contributed by atoms with E-state index in [0.29, 0.717) is 5.13 Å². The zero-order valence-corrected chi connectivity index (χ0v) is 11.2. The average Bonchev–Trinajstić information content (AvgIpc) is 2.78. The molecule has 0 amide bonds. The van der Waals surface area contributed by atoms with Gasteiger partial charge in [-0.15, -0.1) is 11.3 Å². The highest BCUT2D eigenvalue weighted by Gasteiger charge is 2.30. The summed E-state index contributed by atoms with van der Waals surface area (Å²) in [6.45, 7) is 0. The van der Waals surface area contributed by atoms with Crippen molar-refractivity contribution in [3.63, 3.8) is 0 Å². The molecule has 0 saturated carbocycles. The van der Waals surface area contributed by atoms with Crippen LogP contribution in [-0.2, 0) is 6.42 Å². The lowest BCUT2D eigenvalue weighted by Crippen LogP contribution is -1.96. The number of benzene rings is 1. The lowest BCUT2D eigenvalue weighted by Gasteiger charge is -2.13. The summed E-state index contributed by atoms with van der Waals surface area (Å²) in [4.78, 5) is 5.56. The first-order valence-corrected chi connectivity index (χ1v) is 6.93. The zero-order valence-electron chi connectivity index (χ0n) is 8.91. The van der Waals surface area contributed by atoms with E-state index >= 15 is 0 Å². The molecule has 1 aliphatic carbocycles. The largest absolute Gasteiger partial charge is 0.375 e. The number of nitrogens with zero attached hydrogens (tertiary/aromatic N) is 1. The number of hydrogen-bond acceptors (Lipinski definition) is 3. The first-order chi connectivity index (χ1) is 8.16. The van der Waals surface area contributed by atoms with Gasteiger partial charge in [0.1, 0.15) is 0 Å². The van der Waals surface area contributed by atoms with E-state index in [1.54, 1.807) is 11.3 Å². The molecule has 0 fully saturated rings. The fraction of sp³-hybridized carbons (Fsp3) is 0.250. The molecule has 1 unspecified atom stereocenters. The number of hydrogen-bond donors (Lipinski definition) is 1. The lowest BCUT2D eigenvalue weighted by molar-refractivity contribution is 0.791. The summed E-state index contributed by atoms with van der Waals surface area (Å²) >= 11 is 14.0. The number of rotatable bonds is 1. The standard InChI is InChI=1S/C12H10Cl2N2S/c13-7-2-1-3-8(14)10(7)6-4-5-9-11(6)17-12(15)16-9/h1-3,6H,4-5H2,(H2,15,16). The van der Waals surface area contributed by atoms with Gasteiger partial charge in [-0.1, -0.05) is 29.3 Å². The second-order valence-electron chi connectivity index (χ2n) is 4.09. The number of nitrogens with two attached hydrogens (primary N) is 1. The van der Waals surface area contributed by atoms with Gasteiger partial charge in [-0.25, -0.2) is 4.98 Å². The smallest absolute Gasteiger partial charge is 0.180 e. The minimum atomic E-state index is 0.251. The summed E-state index contributed by atoms with van der Waals surface area (Å²) in [5.41, 5.74) is 7.86. The van der Waals surface area contributed by atoms with Crippen LogP contribution < -0.4 is 5.73 Å². The quantitative estimate of drug-likeness (QED) is 0.856. The molecule has 1 aromatic carbocycles. The van der Waals surface area contributed by atoms with Gasteiger partial charge in [-0.3, -0.25) is 0 Å². The molecular weight excluding hydrogens is 275 g/mol. The Morgan fingerprint density at radius 1 is 1.29 bits per heavy atom. The fourth-order valence-corrected chi connectivity index (χ4v) is 4.05. The Bertz CT molecular complexity index is 560. The summed E-state index contributed by atoms with van der Waals surface area (Å²) in [5, 5.41) is 2.08. The minimum absolute atomic E-state index is 0.251. The Labute approximate surface area is 113 Å². The Morgan fingerprint density at radius 2 is 2.00 bits per heavy atom. The number of anilines is 1. The summed E-state index contributed by atoms with van der Waals surface area (Å²) < 4.78 is 0. The number of fused-ring (bicyclic) bond motifs is 1. The molecule has 1 aromatic heterocycles. The highest BCUT2D eigenvalue weighted by molar-refractivity contribution is 7.15. The van der Waals surface area contributed by atoms with E-state index in [1.165, 1.54) is 4.88 Å². The van der Waals surface area contributed by atoms with Gasteiger partial charge >= 0.3 is 0 Å². The van der Waals surface area contributed by atoms with E-state index < -0.39 is 0 Å². The van der Waals surface area contributed by atoms with Gasteiger partial charge in [-0.05, 0) is 30.5 Å². The van der Waals surface area contributed by atoms with Crippen molar-refractivity contribution in [2.75, 3.05) is 5.73 Å². The van der Waals surface area contributed by atoms with Crippen LogP contribution in [0.15, 0.2) is 18.2 Å². The predicted molar refractivity (Wildman–Crippen MR) is 73.2 cm³/mol. The van der Waals surface area contributed by atoms with Crippen molar-refractivity contribution in [3.05, 3.63) is 44.4 Å². The van der Waals surface area contributed by atoms with Crippen LogP contribution >= 0.6 is 34.5 Å². The number of thiazole rings is 1. The summed E-state index contributed by atoms with van der Waals surface area (Å²) in [7, 11) is 0. The van der Waals surface area contributed by atoms with Gasteiger partial charge in [0.15, 0.2) is 5.13 Å². The average molecular weight is 285 g/mol. The molecule has 1 heterocycles. The van der Waals surface area contributed by atoms with Crippen molar-refractivity contribution in [1.29, 1.82) is 0 Å². The van der Waals surface area contributed by atoms with Crippen molar-refractivity contribution in [2.45, 2.75) is 18.8 Å². The maximum atomic E-state index is 6.25. The maximum absolute atomic E-state index is 6.25. The van der Waals surface area contributed by atoms with Crippen molar-refractivity contribution < 1.29 is 0 Å². The van der Waals surface area contributed by atoms with Crippen LogP contribution in [0.2, 0.25) is 10.0 Å². The number of nitrogen functional groups attached to an aromatic ring is 1. The lowest BCUT2D eigenvalue weighted by atomic mass is 9.98. The van der Waals surface area contributed by atoms with Crippen LogP contribution in [0.5, 0.6) is 0 Å². The molecule has 0 spiro atoms. The first-order valence-electron chi connectivity index (χ1n) is 5.36. The van der Waals surface area contributed by atoms with Gasteiger partial charge in [-0.2, -0.15) is 0 Å². The van der Waals surface area contributed by atoms with E-state index in [0.717, 1.165) is 34.1 Å². The van der Waals surface area contributed by atoms with Crippen molar-refractivity contribution in [1.82, 2.24) is 4.98 Å². The molecule has 17 heavy (non-hydrogen) atoms. The van der Waals surface area contributed by atoms with Gasteiger partial charge in [0.05, 0.1) is 5.69 Å². The topological polar surface area (TPSA) is 38.9 Å². The summed E-state index contributed by atoms with van der Waals surface area (Å²) in [6, 6.07) is 5.63. The number of aromatic nitrogens is 1. The third-order valence-electron chi connectivity index (χ3n) is 3.08. The van der Waals surface area contributed by atoms with Crippen LogP contribution in [0.1, 0.15) is 28.5 Å². The third-order valence-corrected chi connectivity index (χ3v) is 4.78. The Balaban J connectivity index is 2.12. The van der Waals surface area contributed by atoms with Crippen molar-refractivity contribution >= 4 is 39.7 Å². The molecule has 1 atom stereocenters. The molecule has 0 bridgehead atoms.